The highest BCUT2D eigenvalue weighted by Gasteiger charge is 2.20. The van der Waals surface area contributed by atoms with E-state index in [1.54, 1.807) is 0 Å². The zero-order valence-electron chi connectivity index (χ0n) is 5.84. The van der Waals surface area contributed by atoms with E-state index in [1.165, 1.54) is 6.42 Å². The van der Waals surface area contributed by atoms with Crippen LogP contribution in [-0.4, -0.2) is 24.4 Å². The van der Waals surface area contributed by atoms with Crippen LogP contribution >= 0.6 is 0 Å². The number of aliphatic hydroxyl groups is 1. The Morgan fingerprint density at radius 3 is 2.89 bits per heavy atom. The Morgan fingerprint density at radius 1 is 1.67 bits per heavy atom. The van der Waals surface area contributed by atoms with Crippen LogP contribution in [-0.2, 0) is 4.74 Å². The summed E-state index contributed by atoms with van der Waals surface area (Å²) in [6.07, 6.45) is 2.46. The maximum atomic E-state index is 8.74. The van der Waals surface area contributed by atoms with Crippen molar-refractivity contribution in [1.29, 1.82) is 0 Å². The van der Waals surface area contributed by atoms with Gasteiger partial charge in [0.2, 0.25) is 0 Å². The van der Waals surface area contributed by atoms with E-state index < -0.39 is 0 Å². The van der Waals surface area contributed by atoms with Crippen LogP contribution in [0, 0.1) is 5.92 Å². The molecule has 2 atom stereocenters. The lowest BCUT2D eigenvalue weighted by atomic mass is 9.97. The van der Waals surface area contributed by atoms with Crippen LogP contribution in [0.3, 0.4) is 0 Å². The van der Waals surface area contributed by atoms with Gasteiger partial charge in [0.1, 0.15) is 0 Å². The van der Waals surface area contributed by atoms with Crippen molar-refractivity contribution in [3.8, 4) is 0 Å². The van der Waals surface area contributed by atoms with Gasteiger partial charge in [-0.05, 0) is 18.8 Å². The molecule has 2 unspecified atom stereocenters. The number of ether oxygens (including phenoxy) is 1. The fourth-order valence-electron chi connectivity index (χ4n) is 1.22. The number of hydrogen-bond acceptors (Lipinski definition) is 2. The molecule has 54 valence electrons. The van der Waals surface area contributed by atoms with Crippen molar-refractivity contribution in [2.75, 3.05) is 13.2 Å². The summed E-state index contributed by atoms with van der Waals surface area (Å²) in [5, 5.41) is 8.74. The smallest absolute Gasteiger partial charge is 0.0831 e. The molecule has 9 heavy (non-hydrogen) atoms. The van der Waals surface area contributed by atoms with E-state index in [4.69, 9.17) is 9.84 Å². The second-order valence-corrected chi connectivity index (χ2v) is 2.71. The molecule has 0 bridgehead atoms. The van der Waals surface area contributed by atoms with Gasteiger partial charge in [-0.15, -0.1) is 0 Å². The van der Waals surface area contributed by atoms with Crippen LogP contribution in [0.5, 0.6) is 0 Å². The first-order valence-corrected chi connectivity index (χ1v) is 3.57. The van der Waals surface area contributed by atoms with Gasteiger partial charge in [0.05, 0.1) is 12.7 Å². The lowest BCUT2D eigenvalue weighted by molar-refractivity contribution is -0.0493. The van der Waals surface area contributed by atoms with Crippen LogP contribution < -0.4 is 0 Å². The molecule has 2 heteroatoms. The summed E-state index contributed by atoms with van der Waals surface area (Å²) in [6, 6.07) is 0. The zero-order chi connectivity index (χ0) is 6.69. The molecule has 0 spiro atoms. The molecule has 0 aliphatic carbocycles. The molecule has 0 aromatic carbocycles. The van der Waals surface area contributed by atoms with Crippen molar-refractivity contribution in [2.45, 2.75) is 25.9 Å². The van der Waals surface area contributed by atoms with Gasteiger partial charge in [-0.25, -0.2) is 0 Å². The molecule has 0 aromatic rings. The molecular weight excluding hydrogens is 116 g/mol. The van der Waals surface area contributed by atoms with Gasteiger partial charge >= 0.3 is 0 Å². The average Bonchev–Trinajstić information content (AvgIpc) is 1.89. The first-order chi connectivity index (χ1) is 4.34. The zero-order valence-corrected chi connectivity index (χ0v) is 5.84. The quantitative estimate of drug-likeness (QED) is 0.568. The van der Waals surface area contributed by atoms with Gasteiger partial charge in [0.25, 0.3) is 0 Å². The van der Waals surface area contributed by atoms with Crippen molar-refractivity contribution in [2.24, 2.45) is 5.92 Å². The normalized spacial score (nSPS) is 36.7. The molecule has 0 saturated carbocycles. The molecular formula is C7H14O2. The van der Waals surface area contributed by atoms with E-state index >= 15 is 0 Å². The summed E-state index contributed by atoms with van der Waals surface area (Å²) in [6.45, 7) is 3.14. The van der Waals surface area contributed by atoms with Crippen molar-refractivity contribution in [3.63, 3.8) is 0 Å². The van der Waals surface area contributed by atoms with Crippen LogP contribution in [0.4, 0.5) is 0 Å². The summed E-state index contributed by atoms with van der Waals surface area (Å²) in [5.74, 6) is 0.545. The lowest BCUT2D eigenvalue weighted by Crippen LogP contribution is -2.30. The predicted octanol–water partition coefficient (Wildman–Crippen LogP) is 0.794. The Kier molecular flexibility index (Phi) is 2.49. The van der Waals surface area contributed by atoms with E-state index in [-0.39, 0.29) is 12.7 Å². The van der Waals surface area contributed by atoms with Crippen LogP contribution in [0.2, 0.25) is 0 Å². The number of aliphatic hydroxyl groups excluding tert-OH is 1. The Bertz CT molecular complexity index is 83.0. The summed E-state index contributed by atoms with van der Waals surface area (Å²) in [7, 11) is 0. The second-order valence-electron chi connectivity index (χ2n) is 2.71. The van der Waals surface area contributed by atoms with Gasteiger partial charge in [0.15, 0.2) is 0 Å². The Hall–Kier alpha value is -0.0800. The van der Waals surface area contributed by atoms with E-state index in [0.29, 0.717) is 5.92 Å². The third kappa shape index (κ3) is 1.66. The molecule has 1 aliphatic rings. The largest absolute Gasteiger partial charge is 0.394 e. The van der Waals surface area contributed by atoms with E-state index in [2.05, 4.69) is 6.92 Å². The summed E-state index contributed by atoms with van der Waals surface area (Å²) in [5.41, 5.74) is 0. The maximum Gasteiger partial charge on any atom is 0.0831 e. The summed E-state index contributed by atoms with van der Waals surface area (Å²) in [4.78, 5) is 0. The molecule has 0 amide bonds. The minimum Gasteiger partial charge on any atom is -0.394 e. The predicted molar refractivity (Wildman–Crippen MR) is 35.2 cm³/mol. The fraction of sp³-hybridized carbons (Fsp3) is 1.00. The topological polar surface area (TPSA) is 29.5 Å². The fourth-order valence-corrected chi connectivity index (χ4v) is 1.22. The highest BCUT2D eigenvalue weighted by Crippen LogP contribution is 2.18. The van der Waals surface area contributed by atoms with E-state index in [1.807, 2.05) is 0 Å². The van der Waals surface area contributed by atoms with E-state index in [9.17, 15) is 0 Å². The molecule has 1 heterocycles. The minimum absolute atomic E-state index is 0.110. The maximum absolute atomic E-state index is 8.74. The molecule has 1 saturated heterocycles. The van der Waals surface area contributed by atoms with Crippen molar-refractivity contribution in [3.05, 3.63) is 0 Å². The Labute approximate surface area is 55.8 Å². The standard InChI is InChI=1S/C7H14O2/c1-6-3-2-4-9-7(6)5-8/h6-8H,2-5H2,1H3. The molecule has 1 rings (SSSR count). The highest BCUT2D eigenvalue weighted by molar-refractivity contribution is 4.69. The first-order valence-electron chi connectivity index (χ1n) is 3.57. The summed E-state index contributed by atoms with van der Waals surface area (Å²) >= 11 is 0. The van der Waals surface area contributed by atoms with Gasteiger partial charge in [0, 0.05) is 6.61 Å². The van der Waals surface area contributed by atoms with Crippen LogP contribution in [0.1, 0.15) is 19.8 Å². The Balaban J connectivity index is 2.30. The Morgan fingerprint density at radius 2 is 2.44 bits per heavy atom. The molecule has 1 fully saturated rings. The highest BCUT2D eigenvalue weighted by atomic mass is 16.5. The third-order valence-corrected chi connectivity index (χ3v) is 1.95. The third-order valence-electron chi connectivity index (χ3n) is 1.95. The van der Waals surface area contributed by atoms with Gasteiger partial charge < -0.3 is 9.84 Å². The summed E-state index contributed by atoms with van der Waals surface area (Å²) < 4.78 is 5.29. The molecule has 1 N–H and O–H groups in total. The van der Waals surface area contributed by atoms with Crippen molar-refractivity contribution < 1.29 is 9.84 Å². The van der Waals surface area contributed by atoms with E-state index in [0.717, 1.165) is 13.0 Å². The van der Waals surface area contributed by atoms with Gasteiger partial charge in [-0.3, -0.25) is 0 Å². The monoisotopic (exact) mass is 130 g/mol. The van der Waals surface area contributed by atoms with Crippen LogP contribution in [0.25, 0.3) is 0 Å². The first kappa shape index (κ1) is 7.03. The van der Waals surface area contributed by atoms with Gasteiger partial charge in [-0.1, -0.05) is 6.92 Å². The molecule has 2 nitrogen and oxygen atoms in total. The SMILES string of the molecule is CC1CCCOC1CO. The van der Waals surface area contributed by atoms with Crippen molar-refractivity contribution in [1.82, 2.24) is 0 Å². The van der Waals surface area contributed by atoms with Crippen LogP contribution in [0.15, 0.2) is 0 Å². The lowest BCUT2D eigenvalue weighted by Gasteiger charge is -2.27. The number of rotatable bonds is 1. The second kappa shape index (κ2) is 3.18. The molecule has 1 aliphatic heterocycles. The molecule has 0 aromatic heterocycles. The average molecular weight is 130 g/mol. The minimum atomic E-state index is 0.110. The van der Waals surface area contributed by atoms with Crippen molar-refractivity contribution >= 4 is 0 Å². The molecule has 0 radical (unpaired) electrons. The van der Waals surface area contributed by atoms with Gasteiger partial charge in [-0.2, -0.15) is 0 Å². The number of hydrogen-bond donors (Lipinski definition) is 1.